The number of allylic oxidation sites excluding steroid dienone is 3. The number of thiophene rings is 2. The molecular weight excluding hydrogens is 450 g/mol. The first-order chi connectivity index (χ1) is 16.1. The number of carbonyl (C=O) groups excluding carboxylic acids is 2. The lowest BCUT2D eigenvalue weighted by Gasteiger charge is -2.38. The van der Waals surface area contributed by atoms with Gasteiger partial charge >= 0.3 is 5.97 Å². The van der Waals surface area contributed by atoms with Gasteiger partial charge in [0, 0.05) is 45.8 Å². The monoisotopic (exact) mass is 475 g/mol. The number of esters is 1. The van der Waals surface area contributed by atoms with Gasteiger partial charge in [0.05, 0.1) is 18.1 Å². The van der Waals surface area contributed by atoms with Gasteiger partial charge in [-0.3, -0.25) is 4.79 Å². The van der Waals surface area contributed by atoms with E-state index >= 15 is 0 Å². The molecule has 0 amide bonds. The lowest BCUT2D eigenvalue weighted by Crippen LogP contribution is -2.41. The van der Waals surface area contributed by atoms with E-state index in [2.05, 4.69) is 17.5 Å². The zero-order valence-corrected chi connectivity index (χ0v) is 20.0. The second-order valence-electron chi connectivity index (χ2n) is 8.42. The summed E-state index contributed by atoms with van der Waals surface area (Å²) < 4.78 is 5.72. The summed E-state index contributed by atoms with van der Waals surface area (Å²) in [5.41, 5.74) is 3.36. The van der Waals surface area contributed by atoms with Crippen LogP contribution in [0.2, 0.25) is 0 Å². The molecule has 3 unspecified atom stereocenters. The smallest absolute Gasteiger partial charge is 0.336 e. The van der Waals surface area contributed by atoms with Crippen molar-refractivity contribution in [3.05, 3.63) is 104 Å². The van der Waals surface area contributed by atoms with Crippen LogP contribution in [0.15, 0.2) is 88.4 Å². The van der Waals surface area contributed by atoms with Gasteiger partial charge in [-0.25, -0.2) is 4.79 Å². The highest BCUT2D eigenvalue weighted by Gasteiger charge is 2.45. The fourth-order valence-corrected chi connectivity index (χ4v) is 6.46. The number of nitrogens with one attached hydrogen (secondary N) is 1. The first-order valence-corrected chi connectivity index (χ1v) is 12.9. The van der Waals surface area contributed by atoms with Crippen molar-refractivity contribution in [1.29, 1.82) is 0 Å². The Labute approximate surface area is 201 Å². The van der Waals surface area contributed by atoms with Crippen molar-refractivity contribution in [3.8, 4) is 0 Å². The maximum absolute atomic E-state index is 13.5. The molecule has 0 saturated heterocycles. The summed E-state index contributed by atoms with van der Waals surface area (Å²) in [6.07, 6.45) is 3.29. The lowest BCUT2D eigenvalue weighted by molar-refractivity contribution is -0.139. The van der Waals surface area contributed by atoms with Gasteiger partial charge < -0.3 is 10.1 Å². The molecular formula is C27H25NO3S2. The molecule has 5 rings (SSSR count). The van der Waals surface area contributed by atoms with Crippen LogP contribution in [0.25, 0.3) is 0 Å². The second kappa shape index (κ2) is 9.49. The fourth-order valence-electron chi connectivity index (χ4n) is 4.79. The molecule has 3 atom stereocenters. The molecule has 0 spiro atoms. The molecule has 1 aromatic carbocycles. The Morgan fingerprint density at radius 2 is 1.73 bits per heavy atom. The largest absolute Gasteiger partial charge is 0.462 e. The molecule has 0 fully saturated rings. The van der Waals surface area contributed by atoms with E-state index in [0.29, 0.717) is 25.0 Å². The van der Waals surface area contributed by atoms with Crippen molar-refractivity contribution in [1.82, 2.24) is 5.32 Å². The van der Waals surface area contributed by atoms with Gasteiger partial charge in [-0.1, -0.05) is 48.5 Å². The summed E-state index contributed by atoms with van der Waals surface area (Å²) in [4.78, 5) is 29.0. The predicted octanol–water partition coefficient (Wildman–Crippen LogP) is 5.81. The molecule has 1 N–H and O–H groups in total. The van der Waals surface area contributed by atoms with E-state index in [1.54, 1.807) is 22.7 Å². The van der Waals surface area contributed by atoms with Crippen molar-refractivity contribution >= 4 is 34.4 Å². The highest BCUT2D eigenvalue weighted by atomic mass is 32.1. The minimum absolute atomic E-state index is 0.0763. The number of rotatable bonds is 6. The van der Waals surface area contributed by atoms with Crippen LogP contribution in [-0.2, 0) is 20.7 Å². The highest BCUT2D eigenvalue weighted by molar-refractivity contribution is 7.10. The Hall–Kier alpha value is -2.96. The third-order valence-corrected chi connectivity index (χ3v) is 8.27. The molecule has 4 nitrogen and oxygen atoms in total. The molecule has 2 aliphatic rings. The summed E-state index contributed by atoms with van der Waals surface area (Å²) in [5.74, 6) is -0.813. The zero-order chi connectivity index (χ0) is 22.8. The van der Waals surface area contributed by atoms with Gasteiger partial charge in [0.2, 0.25) is 0 Å². The number of carbonyl (C=O) groups is 2. The average molecular weight is 476 g/mol. The first-order valence-electron chi connectivity index (χ1n) is 11.1. The Morgan fingerprint density at radius 3 is 2.42 bits per heavy atom. The predicted molar refractivity (Wildman–Crippen MR) is 132 cm³/mol. The molecule has 0 bridgehead atoms. The average Bonchev–Trinajstić information content (AvgIpc) is 3.53. The Balaban J connectivity index is 1.44. The van der Waals surface area contributed by atoms with Crippen molar-refractivity contribution in [2.24, 2.45) is 5.92 Å². The number of ketones is 1. The Kier molecular flexibility index (Phi) is 6.29. The maximum atomic E-state index is 13.5. The van der Waals surface area contributed by atoms with E-state index in [9.17, 15) is 9.59 Å². The molecule has 1 aliphatic heterocycles. The van der Waals surface area contributed by atoms with E-state index in [1.165, 1.54) is 4.88 Å². The number of Topliss-reactive ketones (excluding diaryl/α,β-unsaturated/α-hetero) is 1. The van der Waals surface area contributed by atoms with E-state index in [-0.39, 0.29) is 29.5 Å². The zero-order valence-electron chi connectivity index (χ0n) is 18.3. The van der Waals surface area contributed by atoms with E-state index in [1.807, 2.05) is 66.2 Å². The van der Waals surface area contributed by atoms with Crippen molar-refractivity contribution in [2.75, 3.05) is 6.61 Å². The molecule has 33 heavy (non-hydrogen) atoms. The molecule has 1 aliphatic carbocycles. The van der Waals surface area contributed by atoms with Crippen LogP contribution in [0, 0.1) is 5.92 Å². The maximum Gasteiger partial charge on any atom is 0.336 e. The molecule has 2 aromatic heterocycles. The van der Waals surface area contributed by atoms with Crippen LogP contribution in [0.4, 0.5) is 0 Å². The van der Waals surface area contributed by atoms with Crippen molar-refractivity contribution in [2.45, 2.75) is 31.6 Å². The SMILES string of the molecule is CC1=C(C(=O)OCCc2ccccc2)C(c2cccs2)C2C(=O)CC(c3cccs3)C=C2N1. The van der Waals surface area contributed by atoms with Crippen LogP contribution in [0.1, 0.15) is 40.5 Å². The minimum atomic E-state index is -0.389. The van der Waals surface area contributed by atoms with E-state index in [0.717, 1.165) is 21.8 Å². The summed E-state index contributed by atoms with van der Waals surface area (Å²) in [7, 11) is 0. The number of benzene rings is 1. The van der Waals surface area contributed by atoms with Gasteiger partial charge in [-0.2, -0.15) is 0 Å². The van der Waals surface area contributed by atoms with Crippen molar-refractivity contribution < 1.29 is 14.3 Å². The normalized spacial score (nSPS) is 22.4. The standard InChI is InChI=1S/C27H25NO3S2/c1-17-24(27(30)31-12-11-18-7-3-2-4-8-18)26(23-10-6-14-33-23)25-20(28-17)15-19(16-21(25)29)22-9-5-13-32-22/h2-10,13-15,19,25-26,28H,11-12,16H2,1H3. The summed E-state index contributed by atoms with van der Waals surface area (Å²) in [5, 5.41) is 7.44. The molecule has 0 radical (unpaired) electrons. The van der Waals surface area contributed by atoms with E-state index in [4.69, 9.17) is 4.74 Å². The summed E-state index contributed by atoms with van der Waals surface area (Å²) in [6, 6.07) is 18.1. The second-order valence-corrected chi connectivity index (χ2v) is 10.4. The van der Waals surface area contributed by atoms with Crippen molar-refractivity contribution in [3.63, 3.8) is 0 Å². The molecule has 6 heteroatoms. The van der Waals surface area contributed by atoms with Crippen LogP contribution in [-0.4, -0.2) is 18.4 Å². The number of hydrogen-bond donors (Lipinski definition) is 1. The Morgan fingerprint density at radius 1 is 1.00 bits per heavy atom. The highest BCUT2D eigenvalue weighted by Crippen LogP contribution is 2.47. The molecule has 0 saturated carbocycles. The lowest BCUT2D eigenvalue weighted by atomic mass is 9.71. The molecule has 168 valence electrons. The fraction of sp³-hybridized carbons (Fsp3) is 0.259. The topological polar surface area (TPSA) is 55.4 Å². The minimum Gasteiger partial charge on any atom is -0.462 e. The number of hydrogen-bond acceptors (Lipinski definition) is 6. The quantitative estimate of drug-likeness (QED) is 0.457. The van der Waals surface area contributed by atoms with E-state index < -0.39 is 0 Å². The summed E-state index contributed by atoms with van der Waals surface area (Å²) >= 11 is 3.26. The van der Waals surface area contributed by atoms with Crippen LogP contribution < -0.4 is 5.32 Å². The Bertz CT molecular complexity index is 1190. The first kappa shape index (κ1) is 21.9. The molecule has 3 heterocycles. The number of fused-ring (bicyclic) bond motifs is 1. The van der Waals surface area contributed by atoms with Gasteiger partial charge in [-0.15, -0.1) is 22.7 Å². The summed E-state index contributed by atoms with van der Waals surface area (Å²) in [6.45, 7) is 2.21. The molecule has 3 aromatic rings. The third-order valence-electron chi connectivity index (χ3n) is 6.31. The third kappa shape index (κ3) is 4.45. The van der Waals surface area contributed by atoms with Gasteiger partial charge in [0.1, 0.15) is 5.78 Å². The van der Waals surface area contributed by atoms with Crippen LogP contribution in [0.5, 0.6) is 0 Å². The van der Waals surface area contributed by atoms with Gasteiger partial charge in [0.15, 0.2) is 0 Å². The van der Waals surface area contributed by atoms with Crippen LogP contribution >= 0.6 is 22.7 Å². The van der Waals surface area contributed by atoms with Crippen LogP contribution in [0.3, 0.4) is 0 Å². The number of ether oxygens (including phenoxy) is 1. The van der Waals surface area contributed by atoms with Gasteiger partial charge in [-0.05, 0) is 35.4 Å². The van der Waals surface area contributed by atoms with Gasteiger partial charge in [0.25, 0.3) is 0 Å².